The molecule has 0 aliphatic rings. The highest BCUT2D eigenvalue weighted by atomic mass is 35.5. The molecule has 1 aromatic carbocycles. The number of benzene rings is 1. The first-order valence-corrected chi connectivity index (χ1v) is 7.08. The third-order valence-corrected chi connectivity index (χ3v) is 3.59. The van der Waals surface area contributed by atoms with E-state index in [1.807, 2.05) is 18.2 Å². The van der Waals surface area contributed by atoms with Crippen LogP contribution >= 0.6 is 24.2 Å². The molecule has 2 rings (SSSR count). The van der Waals surface area contributed by atoms with Crippen LogP contribution in [0.5, 0.6) is 11.5 Å². The van der Waals surface area contributed by atoms with Crippen molar-refractivity contribution in [3.8, 4) is 22.6 Å². The second-order valence-electron chi connectivity index (χ2n) is 4.08. The van der Waals surface area contributed by atoms with Crippen molar-refractivity contribution in [1.82, 2.24) is 9.97 Å². The fourth-order valence-electron chi connectivity index (χ4n) is 1.69. The Morgan fingerprint density at radius 1 is 1.14 bits per heavy atom. The third-order valence-electron chi connectivity index (χ3n) is 2.69. The molecular formula is C14H16ClN3O3S. The zero-order valence-corrected chi connectivity index (χ0v) is 13.7. The van der Waals surface area contributed by atoms with Gasteiger partial charge in [0.1, 0.15) is 0 Å². The highest BCUT2D eigenvalue weighted by Crippen LogP contribution is 2.31. The fraction of sp³-hybridized carbons (Fsp3) is 0.214. The molecular weight excluding hydrogens is 326 g/mol. The predicted octanol–water partition coefficient (Wildman–Crippen LogP) is 2.16. The standard InChI is InChI=1S/C14H15N3O3S.ClH/c1-19-11-4-3-9(5-12(11)20-2)10-6-16-14(17-7-10)21-8-13(15)18;/h3-7H,8H2,1-2H3,(H2,15,18);1H. The quantitative estimate of drug-likeness (QED) is 0.640. The minimum Gasteiger partial charge on any atom is -0.493 e. The number of primary amides is 1. The molecule has 118 valence electrons. The van der Waals surface area contributed by atoms with Crippen LogP contribution in [-0.2, 0) is 4.79 Å². The summed E-state index contributed by atoms with van der Waals surface area (Å²) in [7, 11) is 3.17. The number of hydrogen-bond acceptors (Lipinski definition) is 6. The van der Waals surface area contributed by atoms with Gasteiger partial charge in [-0.05, 0) is 17.7 Å². The lowest BCUT2D eigenvalue weighted by Gasteiger charge is -2.09. The molecule has 0 saturated carbocycles. The average Bonchev–Trinajstić information content (AvgIpc) is 2.52. The van der Waals surface area contributed by atoms with E-state index in [2.05, 4.69) is 9.97 Å². The van der Waals surface area contributed by atoms with Gasteiger partial charge in [0.15, 0.2) is 16.7 Å². The summed E-state index contributed by atoms with van der Waals surface area (Å²) in [6.45, 7) is 0. The second kappa shape index (κ2) is 8.45. The summed E-state index contributed by atoms with van der Waals surface area (Å²) in [4.78, 5) is 19.1. The largest absolute Gasteiger partial charge is 0.493 e. The number of rotatable bonds is 6. The highest BCUT2D eigenvalue weighted by Gasteiger charge is 2.07. The first kappa shape index (κ1) is 18.1. The van der Waals surface area contributed by atoms with Crippen molar-refractivity contribution < 1.29 is 14.3 Å². The Balaban J connectivity index is 0.00000242. The van der Waals surface area contributed by atoms with Crippen LogP contribution in [0.1, 0.15) is 0 Å². The normalized spacial score (nSPS) is 9.73. The van der Waals surface area contributed by atoms with E-state index in [1.54, 1.807) is 26.6 Å². The Morgan fingerprint density at radius 2 is 1.77 bits per heavy atom. The number of amides is 1. The van der Waals surface area contributed by atoms with Crippen molar-refractivity contribution in [3.63, 3.8) is 0 Å². The summed E-state index contributed by atoms with van der Waals surface area (Å²) in [6.07, 6.45) is 3.38. The molecule has 8 heteroatoms. The number of halogens is 1. The molecule has 1 amide bonds. The molecule has 0 saturated heterocycles. The Bertz CT molecular complexity index is 638. The molecule has 0 bridgehead atoms. The van der Waals surface area contributed by atoms with Gasteiger partial charge in [-0.25, -0.2) is 9.97 Å². The summed E-state index contributed by atoms with van der Waals surface area (Å²) in [5.74, 6) is 1.07. The number of methoxy groups -OCH3 is 2. The first-order valence-electron chi connectivity index (χ1n) is 6.09. The molecule has 2 aromatic rings. The van der Waals surface area contributed by atoms with Gasteiger partial charge in [-0.2, -0.15) is 0 Å². The summed E-state index contributed by atoms with van der Waals surface area (Å²) >= 11 is 1.20. The molecule has 6 nitrogen and oxygen atoms in total. The zero-order chi connectivity index (χ0) is 15.2. The Hall–Kier alpha value is -1.99. The van der Waals surface area contributed by atoms with Gasteiger partial charge in [0.2, 0.25) is 5.91 Å². The topological polar surface area (TPSA) is 87.3 Å². The smallest absolute Gasteiger partial charge is 0.227 e. The monoisotopic (exact) mass is 341 g/mol. The number of ether oxygens (including phenoxy) is 2. The molecule has 0 aliphatic heterocycles. The highest BCUT2D eigenvalue weighted by molar-refractivity contribution is 7.99. The van der Waals surface area contributed by atoms with E-state index in [0.29, 0.717) is 16.7 Å². The number of nitrogens with zero attached hydrogens (tertiary/aromatic N) is 2. The number of carbonyl (C=O) groups is 1. The Kier molecular flexibility index (Phi) is 6.94. The number of nitrogens with two attached hydrogens (primary N) is 1. The van der Waals surface area contributed by atoms with Crippen molar-refractivity contribution in [3.05, 3.63) is 30.6 Å². The minimum absolute atomic E-state index is 0. The zero-order valence-electron chi connectivity index (χ0n) is 12.1. The molecule has 1 aromatic heterocycles. The molecule has 0 spiro atoms. The molecule has 0 unspecified atom stereocenters. The lowest BCUT2D eigenvalue weighted by molar-refractivity contribution is -0.115. The van der Waals surface area contributed by atoms with E-state index in [1.165, 1.54) is 11.8 Å². The molecule has 0 aliphatic carbocycles. The second-order valence-corrected chi connectivity index (χ2v) is 5.02. The van der Waals surface area contributed by atoms with Gasteiger partial charge < -0.3 is 15.2 Å². The Morgan fingerprint density at radius 3 is 2.32 bits per heavy atom. The van der Waals surface area contributed by atoms with Gasteiger partial charge in [0.05, 0.1) is 20.0 Å². The summed E-state index contributed by atoms with van der Waals surface area (Å²) in [6, 6.07) is 5.58. The molecule has 2 N–H and O–H groups in total. The van der Waals surface area contributed by atoms with Crippen LogP contribution in [0.3, 0.4) is 0 Å². The summed E-state index contributed by atoms with van der Waals surface area (Å²) < 4.78 is 10.5. The van der Waals surface area contributed by atoms with Crippen LogP contribution < -0.4 is 15.2 Å². The number of thioether (sulfide) groups is 1. The van der Waals surface area contributed by atoms with Crippen molar-refractivity contribution in [2.75, 3.05) is 20.0 Å². The van der Waals surface area contributed by atoms with Gasteiger partial charge in [0, 0.05) is 18.0 Å². The van der Waals surface area contributed by atoms with Crippen LogP contribution in [-0.4, -0.2) is 35.8 Å². The molecule has 0 fully saturated rings. The lowest BCUT2D eigenvalue weighted by atomic mass is 10.1. The van der Waals surface area contributed by atoms with Gasteiger partial charge >= 0.3 is 0 Å². The summed E-state index contributed by atoms with van der Waals surface area (Å²) in [5, 5.41) is 0.512. The van der Waals surface area contributed by atoms with Crippen molar-refractivity contribution in [2.45, 2.75) is 5.16 Å². The third kappa shape index (κ3) is 4.51. The number of hydrogen-bond donors (Lipinski definition) is 1. The van der Waals surface area contributed by atoms with E-state index in [-0.39, 0.29) is 18.2 Å². The molecule has 0 radical (unpaired) electrons. The fourth-order valence-corrected chi connectivity index (χ4v) is 2.22. The van der Waals surface area contributed by atoms with E-state index < -0.39 is 5.91 Å². The number of aromatic nitrogens is 2. The molecule has 22 heavy (non-hydrogen) atoms. The van der Waals surface area contributed by atoms with Crippen LogP contribution in [0.2, 0.25) is 0 Å². The van der Waals surface area contributed by atoms with Crippen molar-refractivity contribution in [1.29, 1.82) is 0 Å². The average molecular weight is 342 g/mol. The van der Waals surface area contributed by atoms with Crippen LogP contribution in [0.15, 0.2) is 35.7 Å². The molecule has 0 atom stereocenters. The summed E-state index contributed by atoms with van der Waals surface area (Å²) in [5.41, 5.74) is 6.84. The Labute approximate surface area is 138 Å². The van der Waals surface area contributed by atoms with Gasteiger partial charge in [0.25, 0.3) is 0 Å². The predicted molar refractivity (Wildman–Crippen MR) is 87.7 cm³/mol. The SMILES string of the molecule is COc1ccc(-c2cnc(SCC(N)=O)nc2)cc1OC.Cl. The van der Waals surface area contributed by atoms with Gasteiger partial charge in [-0.1, -0.05) is 17.8 Å². The van der Waals surface area contributed by atoms with E-state index in [0.717, 1.165) is 11.1 Å². The van der Waals surface area contributed by atoms with Crippen LogP contribution in [0.25, 0.3) is 11.1 Å². The maximum Gasteiger partial charge on any atom is 0.227 e. The van der Waals surface area contributed by atoms with E-state index in [9.17, 15) is 4.79 Å². The van der Waals surface area contributed by atoms with Crippen molar-refractivity contribution in [2.24, 2.45) is 5.73 Å². The number of carbonyl (C=O) groups excluding carboxylic acids is 1. The van der Waals surface area contributed by atoms with Crippen LogP contribution in [0.4, 0.5) is 0 Å². The van der Waals surface area contributed by atoms with Gasteiger partial charge in [-0.3, -0.25) is 4.79 Å². The van der Waals surface area contributed by atoms with Gasteiger partial charge in [-0.15, -0.1) is 12.4 Å². The maximum absolute atomic E-state index is 10.7. The first-order chi connectivity index (χ1) is 10.1. The van der Waals surface area contributed by atoms with Crippen LogP contribution in [0, 0.1) is 0 Å². The molecule has 1 heterocycles. The van der Waals surface area contributed by atoms with E-state index >= 15 is 0 Å². The lowest BCUT2D eigenvalue weighted by Crippen LogP contribution is -2.13. The maximum atomic E-state index is 10.7. The van der Waals surface area contributed by atoms with E-state index in [4.69, 9.17) is 15.2 Å². The van der Waals surface area contributed by atoms with Crippen molar-refractivity contribution >= 4 is 30.1 Å². The minimum atomic E-state index is -0.396.